The minimum Gasteiger partial charge on any atom is -0.406 e. The van der Waals surface area contributed by atoms with Crippen molar-refractivity contribution in [2.75, 3.05) is 5.32 Å². The van der Waals surface area contributed by atoms with Crippen molar-refractivity contribution in [1.29, 1.82) is 0 Å². The Morgan fingerprint density at radius 3 is 2.75 bits per heavy atom. The van der Waals surface area contributed by atoms with Crippen molar-refractivity contribution < 1.29 is 8.81 Å². The molecule has 0 aliphatic heterocycles. The molecule has 0 aliphatic carbocycles. The van der Waals surface area contributed by atoms with Gasteiger partial charge in [-0.25, -0.2) is 4.39 Å². The van der Waals surface area contributed by atoms with Gasteiger partial charge < -0.3 is 15.1 Å². The van der Waals surface area contributed by atoms with E-state index >= 15 is 0 Å². The van der Waals surface area contributed by atoms with Gasteiger partial charge in [0.15, 0.2) is 0 Å². The number of benzene rings is 1. The third-order valence-corrected chi connectivity index (χ3v) is 2.90. The van der Waals surface area contributed by atoms with Crippen LogP contribution < -0.4 is 10.6 Å². The van der Waals surface area contributed by atoms with Crippen LogP contribution in [0, 0.1) is 5.82 Å². The molecule has 0 unspecified atom stereocenters. The molecular formula is C13H16BrFN4O. The van der Waals surface area contributed by atoms with E-state index in [-0.39, 0.29) is 23.1 Å². The Morgan fingerprint density at radius 1 is 1.30 bits per heavy atom. The number of hydrogen-bond acceptors (Lipinski definition) is 5. The monoisotopic (exact) mass is 342 g/mol. The number of anilines is 2. The molecule has 0 bridgehead atoms. The zero-order chi connectivity index (χ0) is 14.8. The van der Waals surface area contributed by atoms with Crippen LogP contribution in [-0.2, 0) is 6.54 Å². The lowest BCUT2D eigenvalue weighted by Crippen LogP contribution is -2.35. The van der Waals surface area contributed by atoms with E-state index in [9.17, 15) is 4.39 Å². The van der Waals surface area contributed by atoms with Crippen molar-refractivity contribution in [3.63, 3.8) is 0 Å². The van der Waals surface area contributed by atoms with E-state index in [0.717, 1.165) is 4.47 Å². The predicted octanol–water partition coefficient (Wildman–Crippen LogP) is 3.60. The molecule has 0 radical (unpaired) electrons. The van der Waals surface area contributed by atoms with Gasteiger partial charge in [0.05, 0.1) is 12.2 Å². The second-order valence-corrected chi connectivity index (χ2v) is 6.27. The smallest absolute Gasteiger partial charge is 0.320 e. The first-order chi connectivity index (χ1) is 9.33. The van der Waals surface area contributed by atoms with Gasteiger partial charge in [0, 0.05) is 10.0 Å². The number of nitrogens with one attached hydrogen (secondary N) is 2. The normalized spacial score (nSPS) is 11.7. The molecule has 2 aromatic rings. The summed E-state index contributed by atoms with van der Waals surface area (Å²) in [5.74, 6) is 0.0543. The molecule has 1 aromatic carbocycles. The molecule has 20 heavy (non-hydrogen) atoms. The van der Waals surface area contributed by atoms with Crippen molar-refractivity contribution in [2.45, 2.75) is 32.9 Å². The van der Waals surface area contributed by atoms with E-state index in [2.05, 4.69) is 36.8 Å². The fraction of sp³-hybridized carbons (Fsp3) is 0.385. The summed E-state index contributed by atoms with van der Waals surface area (Å²) >= 11 is 3.28. The average Bonchev–Trinajstić information content (AvgIpc) is 2.78. The Bertz CT molecular complexity index is 594. The molecule has 0 amide bonds. The van der Waals surface area contributed by atoms with Gasteiger partial charge in [0.1, 0.15) is 5.82 Å². The molecule has 0 atom stereocenters. The van der Waals surface area contributed by atoms with Crippen LogP contribution in [0.1, 0.15) is 26.7 Å². The Hall–Kier alpha value is -1.47. The highest BCUT2D eigenvalue weighted by atomic mass is 79.9. The molecule has 0 saturated carbocycles. The van der Waals surface area contributed by atoms with Crippen molar-refractivity contribution in [3.05, 3.63) is 34.4 Å². The molecule has 5 nitrogen and oxygen atoms in total. The van der Waals surface area contributed by atoms with Gasteiger partial charge in [-0.15, -0.1) is 5.10 Å². The Balaban J connectivity index is 2.04. The van der Waals surface area contributed by atoms with Crippen molar-refractivity contribution in [1.82, 2.24) is 15.5 Å². The van der Waals surface area contributed by atoms with Crippen LogP contribution in [0.25, 0.3) is 0 Å². The Labute approximate surface area is 125 Å². The highest BCUT2D eigenvalue weighted by Gasteiger charge is 2.13. The highest BCUT2D eigenvalue weighted by molar-refractivity contribution is 9.10. The number of aromatic nitrogens is 2. The summed E-state index contributed by atoms with van der Waals surface area (Å²) in [5, 5.41) is 13.7. The molecule has 1 heterocycles. The number of halogens is 2. The maximum atomic E-state index is 13.6. The summed E-state index contributed by atoms with van der Waals surface area (Å²) < 4.78 is 19.7. The van der Waals surface area contributed by atoms with E-state index in [1.54, 1.807) is 12.1 Å². The maximum absolute atomic E-state index is 13.6. The first-order valence-electron chi connectivity index (χ1n) is 6.13. The fourth-order valence-corrected chi connectivity index (χ4v) is 1.79. The molecule has 0 aliphatic rings. The summed E-state index contributed by atoms with van der Waals surface area (Å²) in [6, 6.07) is 4.73. The van der Waals surface area contributed by atoms with Crippen LogP contribution in [0.3, 0.4) is 0 Å². The lowest BCUT2D eigenvalue weighted by atomic mass is 10.1. The summed E-state index contributed by atoms with van der Waals surface area (Å²) in [5.41, 5.74) is 0.233. The van der Waals surface area contributed by atoms with Crippen LogP contribution in [0.15, 0.2) is 27.1 Å². The molecule has 108 valence electrons. The second kappa shape index (κ2) is 5.88. The highest BCUT2D eigenvalue weighted by Crippen LogP contribution is 2.23. The van der Waals surface area contributed by atoms with Crippen LogP contribution in [0.5, 0.6) is 0 Å². The molecule has 7 heteroatoms. The summed E-state index contributed by atoms with van der Waals surface area (Å²) in [6.07, 6.45) is 0. The van der Waals surface area contributed by atoms with Gasteiger partial charge in [-0.3, -0.25) is 0 Å². The lowest BCUT2D eigenvalue weighted by molar-refractivity contribution is 0.384. The summed E-state index contributed by atoms with van der Waals surface area (Å²) in [6.45, 7) is 6.58. The molecule has 2 N–H and O–H groups in total. The standard InChI is InChI=1S/C13H16BrFN4O/c1-13(2,3)16-7-11-18-19-12(20-11)17-10-6-8(14)4-5-9(10)15/h4-6,16H,7H2,1-3H3,(H,17,19). The van der Waals surface area contributed by atoms with E-state index in [4.69, 9.17) is 4.42 Å². The van der Waals surface area contributed by atoms with E-state index < -0.39 is 0 Å². The van der Waals surface area contributed by atoms with Crippen LogP contribution >= 0.6 is 15.9 Å². The van der Waals surface area contributed by atoms with E-state index in [1.165, 1.54) is 6.07 Å². The largest absolute Gasteiger partial charge is 0.406 e. The summed E-state index contributed by atoms with van der Waals surface area (Å²) in [7, 11) is 0. The quantitative estimate of drug-likeness (QED) is 0.888. The van der Waals surface area contributed by atoms with Crippen LogP contribution in [0.2, 0.25) is 0 Å². The zero-order valence-corrected chi connectivity index (χ0v) is 13.1. The fourth-order valence-electron chi connectivity index (χ4n) is 1.42. The van der Waals surface area contributed by atoms with Crippen molar-refractivity contribution in [2.24, 2.45) is 0 Å². The molecule has 0 fully saturated rings. The second-order valence-electron chi connectivity index (χ2n) is 5.35. The van der Waals surface area contributed by atoms with Crippen LogP contribution in [-0.4, -0.2) is 15.7 Å². The first-order valence-corrected chi connectivity index (χ1v) is 6.92. The number of rotatable bonds is 4. The number of hydrogen-bond donors (Lipinski definition) is 2. The maximum Gasteiger partial charge on any atom is 0.320 e. The SMILES string of the molecule is CC(C)(C)NCc1nnc(Nc2cc(Br)ccc2F)o1. The van der Waals surface area contributed by atoms with Gasteiger partial charge in [-0.2, -0.15) is 0 Å². The average molecular weight is 343 g/mol. The zero-order valence-electron chi connectivity index (χ0n) is 11.5. The third-order valence-electron chi connectivity index (χ3n) is 2.41. The predicted molar refractivity (Wildman–Crippen MR) is 78.3 cm³/mol. The number of nitrogens with zero attached hydrogens (tertiary/aromatic N) is 2. The van der Waals surface area contributed by atoms with E-state index in [0.29, 0.717) is 12.4 Å². The van der Waals surface area contributed by atoms with E-state index in [1.807, 2.05) is 20.8 Å². The van der Waals surface area contributed by atoms with Crippen molar-refractivity contribution >= 4 is 27.6 Å². The molecular weight excluding hydrogens is 327 g/mol. The Kier molecular flexibility index (Phi) is 4.39. The molecule has 0 saturated heterocycles. The molecule has 0 spiro atoms. The van der Waals surface area contributed by atoms with Gasteiger partial charge >= 0.3 is 6.01 Å². The van der Waals surface area contributed by atoms with Gasteiger partial charge in [0.2, 0.25) is 5.89 Å². The van der Waals surface area contributed by atoms with Crippen LogP contribution in [0.4, 0.5) is 16.1 Å². The topological polar surface area (TPSA) is 63.0 Å². The van der Waals surface area contributed by atoms with Gasteiger partial charge in [0.25, 0.3) is 0 Å². The molecule has 2 rings (SSSR count). The molecule has 1 aromatic heterocycles. The first kappa shape index (κ1) is 14.9. The Morgan fingerprint density at radius 2 is 2.05 bits per heavy atom. The minimum atomic E-state index is -0.388. The van der Waals surface area contributed by atoms with Gasteiger partial charge in [-0.1, -0.05) is 21.0 Å². The van der Waals surface area contributed by atoms with Gasteiger partial charge in [-0.05, 0) is 39.0 Å². The lowest BCUT2D eigenvalue weighted by Gasteiger charge is -2.18. The third kappa shape index (κ3) is 4.28. The minimum absolute atomic E-state index is 0.0432. The van der Waals surface area contributed by atoms with Crippen molar-refractivity contribution in [3.8, 4) is 0 Å². The summed E-state index contributed by atoms with van der Waals surface area (Å²) in [4.78, 5) is 0.